The summed E-state index contributed by atoms with van der Waals surface area (Å²) in [6.45, 7) is 0. The van der Waals surface area contributed by atoms with E-state index in [0.29, 0.717) is 5.82 Å². The fourth-order valence-electron chi connectivity index (χ4n) is 9.29. The van der Waals surface area contributed by atoms with Gasteiger partial charge in [-0.3, -0.25) is 0 Å². The molecule has 0 amide bonds. The number of para-hydroxylation sites is 3. The molecule has 0 aliphatic heterocycles. The molecule has 4 nitrogen and oxygen atoms in total. The zero-order valence-electron chi connectivity index (χ0n) is 32.8. The molecule has 58 heavy (non-hydrogen) atoms. The number of hydrogen-bond acceptors (Lipinski definition) is 3. The highest BCUT2D eigenvalue weighted by molar-refractivity contribution is 6.62. The van der Waals surface area contributed by atoms with Gasteiger partial charge in [-0.15, -0.1) is 0 Å². The number of rotatable bonds is 5. The van der Waals surface area contributed by atoms with Crippen LogP contribution >= 0.6 is 0 Å². The normalized spacial score (nSPS) is 11.7. The molecule has 0 aliphatic carbocycles. The van der Waals surface area contributed by atoms with E-state index in [1.54, 1.807) is 0 Å². The molecule has 0 unspecified atom stereocenters. The Hall–Kier alpha value is -7.04. The molecule has 11 rings (SSSR count). The Bertz CT molecular complexity index is 3420. The lowest BCUT2D eigenvalue weighted by molar-refractivity contribution is 0.669. The second kappa shape index (κ2) is 13.3. The fourth-order valence-corrected chi connectivity index (χ4v) is 9.29. The summed E-state index contributed by atoms with van der Waals surface area (Å²) in [4.78, 5) is 10.8. The van der Waals surface area contributed by atoms with Gasteiger partial charge in [0.2, 0.25) is 0 Å². The molecule has 0 aliphatic rings. The third-order valence-electron chi connectivity index (χ3n) is 12.3. The van der Waals surface area contributed by atoms with Crippen molar-refractivity contribution in [1.29, 1.82) is 0 Å². The number of aromatic nitrogens is 3. The summed E-state index contributed by atoms with van der Waals surface area (Å²) < 4.78 is 8.91. The first-order chi connectivity index (χ1) is 28.4. The van der Waals surface area contributed by atoms with Crippen molar-refractivity contribution >= 4 is 108 Å². The number of hydrogen-bond donors (Lipinski definition) is 0. The van der Waals surface area contributed by atoms with E-state index in [1.807, 2.05) is 6.07 Å². The van der Waals surface area contributed by atoms with E-state index in [2.05, 4.69) is 194 Å². The van der Waals surface area contributed by atoms with Gasteiger partial charge in [0.05, 0.1) is 22.2 Å². The Kier molecular flexibility index (Phi) is 7.84. The van der Waals surface area contributed by atoms with E-state index < -0.39 is 0 Å². The SMILES string of the molecule is Bc1c(B)c(-c2nc(-c3cccc4oc5ccc(-c6ccc7c(c6)c6ccccc6n7-c6ccccc6)cc5c34)nc3ccccc23)c(B)c(B)c1-c1ccccc1. The molecular formula is C50H35B4N3O. The Morgan fingerprint density at radius 2 is 1.05 bits per heavy atom. The van der Waals surface area contributed by atoms with E-state index in [0.717, 1.165) is 60.9 Å². The van der Waals surface area contributed by atoms with E-state index in [4.69, 9.17) is 14.4 Å². The maximum Gasteiger partial charge on any atom is 0.161 e. The van der Waals surface area contributed by atoms with Gasteiger partial charge in [0.1, 0.15) is 42.6 Å². The molecule has 8 heteroatoms. The van der Waals surface area contributed by atoms with Crippen molar-refractivity contribution in [1.82, 2.24) is 14.5 Å². The van der Waals surface area contributed by atoms with Crippen LogP contribution in [0, 0.1) is 0 Å². The van der Waals surface area contributed by atoms with Gasteiger partial charge in [-0.05, 0) is 82.4 Å². The van der Waals surface area contributed by atoms with Crippen LogP contribution in [0.1, 0.15) is 0 Å². The molecule has 0 radical (unpaired) electrons. The van der Waals surface area contributed by atoms with Crippen LogP contribution in [0.2, 0.25) is 0 Å². The number of furan rings is 1. The maximum absolute atomic E-state index is 6.55. The highest BCUT2D eigenvalue weighted by Gasteiger charge is 2.22. The standard InChI is InChI=1S/C50H35B4N3O/c51-45-42(28-12-3-1-4-13-28)46(52)48(54)44(47(45)53)49-33-17-7-9-19-37(33)55-50(56-49)34-18-11-21-41-43(34)36-27-30(23-25-40(36)58-41)29-22-24-39-35(26-29)32-16-8-10-20-38(32)57(39)31-14-5-2-6-15-31/h1-27H,51-54H2. The average molecular weight is 737 g/mol. The minimum Gasteiger partial charge on any atom is -0.456 e. The van der Waals surface area contributed by atoms with Gasteiger partial charge >= 0.3 is 0 Å². The molecule has 0 saturated heterocycles. The van der Waals surface area contributed by atoms with Gasteiger partial charge in [0, 0.05) is 38.2 Å². The Balaban J connectivity index is 1.10. The van der Waals surface area contributed by atoms with Crippen LogP contribution in [-0.2, 0) is 0 Å². The van der Waals surface area contributed by atoms with Crippen LogP contribution in [0.15, 0.2) is 168 Å². The first-order valence-corrected chi connectivity index (χ1v) is 19.9. The zero-order valence-corrected chi connectivity index (χ0v) is 32.8. The van der Waals surface area contributed by atoms with Crippen LogP contribution in [0.3, 0.4) is 0 Å². The van der Waals surface area contributed by atoms with Crippen LogP contribution < -0.4 is 21.9 Å². The maximum atomic E-state index is 6.55. The number of fused-ring (bicyclic) bond motifs is 7. The molecule has 268 valence electrons. The summed E-state index contributed by atoms with van der Waals surface area (Å²) in [6.07, 6.45) is 0. The van der Waals surface area contributed by atoms with E-state index in [1.165, 1.54) is 60.3 Å². The van der Waals surface area contributed by atoms with E-state index >= 15 is 0 Å². The lowest BCUT2D eigenvalue weighted by atomic mass is 9.62. The molecule has 0 fully saturated rings. The highest BCUT2D eigenvalue weighted by atomic mass is 16.3. The number of nitrogens with zero attached hydrogens (tertiary/aromatic N) is 3. The molecular weight excluding hydrogens is 702 g/mol. The minimum atomic E-state index is 0.684. The van der Waals surface area contributed by atoms with Crippen molar-refractivity contribution in [2.24, 2.45) is 0 Å². The molecule has 11 aromatic rings. The third-order valence-corrected chi connectivity index (χ3v) is 12.3. The van der Waals surface area contributed by atoms with Crippen LogP contribution in [0.4, 0.5) is 0 Å². The Labute approximate surface area is 339 Å². The van der Waals surface area contributed by atoms with E-state index in [9.17, 15) is 0 Å². The van der Waals surface area contributed by atoms with Crippen LogP contribution in [0.5, 0.6) is 0 Å². The van der Waals surface area contributed by atoms with Crippen molar-refractivity contribution in [3.05, 3.63) is 164 Å². The van der Waals surface area contributed by atoms with Crippen LogP contribution in [-0.4, -0.2) is 45.9 Å². The zero-order chi connectivity index (χ0) is 39.1. The molecule has 3 aromatic heterocycles. The predicted octanol–water partition coefficient (Wildman–Crippen LogP) is 6.33. The second-order valence-corrected chi connectivity index (χ2v) is 15.4. The minimum absolute atomic E-state index is 0.684. The van der Waals surface area contributed by atoms with Gasteiger partial charge in [0.15, 0.2) is 5.82 Å². The smallest absolute Gasteiger partial charge is 0.161 e. The first kappa shape index (κ1) is 34.2. The van der Waals surface area contributed by atoms with E-state index in [-0.39, 0.29) is 0 Å². The summed E-state index contributed by atoms with van der Waals surface area (Å²) in [5.41, 5.74) is 19.0. The van der Waals surface area contributed by atoms with Gasteiger partial charge in [-0.1, -0.05) is 131 Å². The van der Waals surface area contributed by atoms with Gasteiger partial charge < -0.3 is 8.98 Å². The average Bonchev–Trinajstić information content (AvgIpc) is 3.81. The summed E-state index contributed by atoms with van der Waals surface area (Å²) in [5, 5.41) is 5.55. The molecule has 0 spiro atoms. The van der Waals surface area contributed by atoms with Gasteiger partial charge in [-0.25, -0.2) is 9.97 Å². The molecule has 0 atom stereocenters. The summed E-state index contributed by atoms with van der Waals surface area (Å²) in [7, 11) is 8.96. The van der Waals surface area contributed by atoms with Crippen molar-refractivity contribution in [2.45, 2.75) is 0 Å². The van der Waals surface area contributed by atoms with Crippen molar-refractivity contribution in [3.8, 4) is 50.6 Å². The van der Waals surface area contributed by atoms with Gasteiger partial charge in [0.25, 0.3) is 0 Å². The molecule has 3 heterocycles. The fraction of sp³-hybridized carbons (Fsp3) is 0. The lowest BCUT2D eigenvalue weighted by Gasteiger charge is -2.23. The topological polar surface area (TPSA) is 43.9 Å². The summed E-state index contributed by atoms with van der Waals surface area (Å²) >= 11 is 0. The predicted molar refractivity (Wildman–Crippen MR) is 256 cm³/mol. The molecule has 0 N–H and O–H groups in total. The van der Waals surface area contributed by atoms with Crippen LogP contribution in [0.25, 0.3) is 105 Å². The summed E-state index contributed by atoms with van der Waals surface area (Å²) in [5.74, 6) is 0.684. The quantitative estimate of drug-likeness (QED) is 0.194. The lowest BCUT2D eigenvalue weighted by Crippen LogP contribution is -2.44. The van der Waals surface area contributed by atoms with Gasteiger partial charge in [-0.2, -0.15) is 0 Å². The van der Waals surface area contributed by atoms with Crippen molar-refractivity contribution < 1.29 is 4.42 Å². The van der Waals surface area contributed by atoms with Crippen molar-refractivity contribution in [2.75, 3.05) is 0 Å². The number of benzene rings is 8. The summed E-state index contributed by atoms with van der Waals surface area (Å²) in [6, 6.07) is 58.0. The first-order valence-electron chi connectivity index (χ1n) is 19.9. The monoisotopic (exact) mass is 737 g/mol. The Morgan fingerprint density at radius 1 is 0.431 bits per heavy atom. The molecule has 0 bridgehead atoms. The van der Waals surface area contributed by atoms with Crippen molar-refractivity contribution in [3.63, 3.8) is 0 Å². The molecule has 8 aromatic carbocycles. The largest absolute Gasteiger partial charge is 0.456 e. The Morgan fingerprint density at radius 3 is 1.83 bits per heavy atom. The highest BCUT2D eigenvalue weighted by Crippen LogP contribution is 2.40. The molecule has 0 saturated carbocycles. The second-order valence-electron chi connectivity index (χ2n) is 15.4. The third kappa shape index (κ3) is 5.21.